The van der Waals surface area contributed by atoms with Crippen LogP contribution < -0.4 is 9.47 Å². The number of alkyl halides is 3. The Morgan fingerprint density at radius 1 is 1.00 bits per heavy atom. The molecule has 152 valence electrons. The van der Waals surface area contributed by atoms with Gasteiger partial charge in [-0.05, 0) is 42.7 Å². The Labute approximate surface area is 161 Å². The van der Waals surface area contributed by atoms with Crippen molar-refractivity contribution in [3.63, 3.8) is 0 Å². The normalized spacial score (nSPS) is 14.9. The summed E-state index contributed by atoms with van der Waals surface area (Å²) in [7, 11) is -0.993. The lowest BCUT2D eigenvalue weighted by atomic mass is 10.1. The second-order valence-corrected chi connectivity index (χ2v) is 8.38. The van der Waals surface area contributed by atoms with Gasteiger partial charge in [-0.2, -0.15) is 17.5 Å². The van der Waals surface area contributed by atoms with Crippen molar-refractivity contribution < 1.29 is 31.1 Å². The van der Waals surface area contributed by atoms with Crippen LogP contribution in [0.25, 0.3) is 0 Å². The maximum atomic E-state index is 13.2. The van der Waals surface area contributed by atoms with Crippen LogP contribution in [0.5, 0.6) is 11.5 Å². The standard InChI is InChI=1S/C19H20F3NO4S/c1-26-17-10-9-16(11-18(17)27-2)28(24,25)23(15-7-8-15)12-13-3-5-14(6-4-13)19(20,21)22/h3-6,9-11,15H,7-8,12H2,1-2H3. The zero-order chi connectivity index (χ0) is 20.5. The van der Waals surface area contributed by atoms with E-state index in [2.05, 4.69) is 0 Å². The van der Waals surface area contributed by atoms with Gasteiger partial charge in [0.05, 0.1) is 24.7 Å². The first-order valence-corrected chi connectivity index (χ1v) is 10.0. The SMILES string of the molecule is COc1ccc(S(=O)(=O)N(Cc2ccc(C(F)(F)F)cc2)C2CC2)cc1OC. The molecule has 3 rings (SSSR count). The molecule has 1 aliphatic carbocycles. The molecule has 9 heteroatoms. The molecule has 0 unspecified atom stereocenters. The second kappa shape index (κ2) is 7.63. The monoisotopic (exact) mass is 415 g/mol. The van der Waals surface area contributed by atoms with Crippen molar-refractivity contribution in [3.05, 3.63) is 53.6 Å². The minimum Gasteiger partial charge on any atom is -0.493 e. The van der Waals surface area contributed by atoms with E-state index in [1.54, 1.807) is 0 Å². The highest BCUT2D eigenvalue weighted by Crippen LogP contribution is 2.37. The van der Waals surface area contributed by atoms with E-state index in [1.165, 1.54) is 48.9 Å². The number of ether oxygens (including phenoxy) is 2. The highest BCUT2D eigenvalue weighted by Gasteiger charge is 2.38. The number of methoxy groups -OCH3 is 2. The smallest absolute Gasteiger partial charge is 0.416 e. The number of halogens is 3. The van der Waals surface area contributed by atoms with Crippen molar-refractivity contribution in [3.8, 4) is 11.5 Å². The maximum absolute atomic E-state index is 13.2. The third kappa shape index (κ3) is 4.25. The van der Waals surface area contributed by atoms with Gasteiger partial charge in [0.25, 0.3) is 0 Å². The van der Waals surface area contributed by atoms with Crippen LogP contribution in [0.4, 0.5) is 13.2 Å². The third-order valence-corrected chi connectivity index (χ3v) is 6.43. The number of sulfonamides is 1. The van der Waals surface area contributed by atoms with Gasteiger partial charge in [0.15, 0.2) is 11.5 Å². The molecule has 0 heterocycles. The molecular formula is C19H20F3NO4S. The van der Waals surface area contributed by atoms with Crippen LogP contribution in [0.3, 0.4) is 0 Å². The van der Waals surface area contributed by atoms with Crippen molar-refractivity contribution in [1.82, 2.24) is 4.31 Å². The highest BCUT2D eigenvalue weighted by atomic mass is 32.2. The van der Waals surface area contributed by atoms with Crippen LogP contribution in [-0.4, -0.2) is 33.0 Å². The molecule has 0 aromatic heterocycles. The average molecular weight is 415 g/mol. The first kappa shape index (κ1) is 20.5. The summed E-state index contributed by atoms with van der Waals surface area (Å²) in [5, 5.41) is 0. The molecule has 0 amide bonds. The maximum Gasteiger partial charge on any atom is 0.416 e. The lowest BCUT2D eigenvalue weighted by Crippen LogP contribution is -2.32. The van der Waals surface area contributed by atoms with Crippen LogP contribution in [0.1, 0.15) is 24.0 Å². The van der Waals surface area contributed by atoms with Gasteiger partial charge in [-0.15, -0.1) is 0 Å². The van der Waals surface area contributed by atoms with Crippen LogP contribution in [0, 0.1) is 0 Å². The molecule has 5 nitrogen and oxygen atoms in total. The molecule has 1 aliphatic rings. The summed E-state index contributed by atoms with van der Waals surface area (Å²) in [6.45, 7) is -0.000514. The molecule has 0 radical (unpaired) electrons. The van der Waals surface area contributed by atoms with Crippen molar-refractivity contribution in [2.45, 2.75) is 36.5 Å². The molecule has 0 spiro atoms. The highest BCUT2D eigenvalue weighted by molar-refractivity contribution is 7.89. The van der Waals surface area contributed by atoms with Gasteiger partial charge in [-0.3, -0.25) is 0 Å². The lowest BCUT2D eigenvalue weighted by Gasteiger charge is -2.23. The van der Waals surface area contributed by atoms with Gasteiger partial charge in [0, 0.05) is 18.7 Å². The number of benzene rings is 2. The molecular weight excluding hydrogens is 395 g/mol. The summed E-state index contributed by atoms with van der Waals surface area (Å²) in [5.74, 6) is 0.691. The van der Waals surface area contributed by atoms with E-state index in [0.29, 0.717) is 24.2 Å². The van der Waals surface area contributed by atoms with Crippen LogP contribution in [0.2, 0.25) is 0 Å². The summed E-state index contributed by atoms with van der Waals surface area (Å²) >= 11 is 0. The molecule has 2 aromatic rings. The molecule has 0 bridgehead atoms. The molecule has 0 N–H and O–H groups in total. The van der Waals surface area contributed by atoms with Crippen molar-refractivity contribution in [2.75, 3.05) is 14.2 Å². The van der Waals surface area contributed by atoms with Crippen molar-refractivity contribution >= 4 is 10.0 Å². The minimum atomic E-state index is -4.43. The molecule has 0 saturated heterocycles. The lowest BCUT2D eigenvalue weighted by molar-refractivity contribution is -0.137. The van der Waals surface area contributed by atoms with E-state index in [0.717, 1.165) is 12.1 Å². The summed E-state index contributed by atoms with van der Waals surface area (Å²) in [6, 6.07) is 8.70. The Bertz CT molecular complexity index is 939. The average Bonchev–Trinajstić information content (AvgIpc) is 3.50. The third-order valence-electron chi connectivity index (χ3n) is 4.54. The van der Waals surface area contributed by atoms with Crippen LogP contribution in [0.15, 0.2) is 47.4 Å². The Kier molecular flexibility index (Phi) is 5.58. The van der Waals surface area contributed by atoms with Gasteiger partial charge < -0.3 is 9.47 Å². The van der Waals surface area contributed by atoms with E-state index in [1.807, 2.05) is 0 Å². The van der Waals surface area contributed by atoms with Gasteiger partial charge >= 0.3 is 6.18 Å². The quantitative estimate of drug-likeness (QED) is 0.684. The van der Waals surface area contributed by atoms with E-state index >= 15 is 0 Å². The first-order chi connectivity index (χ1) is 13.2. The summed E-state index contributed by atoms with van der Waals surface area (Å²) in [6.07, 6.45) is -3.00. The Balaban J connectivity index is 1.89. The molecule has 0 aliphatic heterocycles. The fourth-order valence-corrected chi connectivity index (χ4v) is 4.55. The van der Waals surface area contributed by atoms with E-state index in [9.17, 15) is 21.6 Å². The predicted octanol–water partition coefficient (Wildman–Crippen LogP) is 4.08. The summed E-state index contributed by atoms with van der Waals surface area (Å²) in [5.41, 5.74) is -0.277. The Morgan fingerprint density at radius 2 is 1.61 bits per heavy atom. The first-order valence-electron chi connectivity index (χ1n) is 8.57. The van der Waals surface area contributed by atoms with Gasteiger partial charge in [0.2, 0.25) is 10.0 Å². The Morgan fingerprint density at radius 3 is 2.11 bits per heavy atom. The number of hydrogen-bond acceptors (Lipinski definition) is 4. The molecule has 1 saturated carbocycles. The molecule has 1 fully saturated rings. The zero-order valence-electron chi connectivity index (χ0n) is 15.4. The van der Waals surface area contributed by atoms with Crippen molar-refractivity contribution in [1.29, 1.82) is 0 Å². The van der Waals surface area contributed by atoms with E-state index in [-0.39, 0.29) is 23.2 Å². The fourth-order valence-electron chi connectivity index (χ4n) is 2.86. The number of hydrogen-bond donors (Lipinski definition) is 0. The second-order valence-electron chi connectivity index (χ2n) is 6.49. The van der Waals surface area contributed by atoms with Crippen molar-refractivity contribution in [2.24, 2.45) is 0 Å². The summed E-state index contributed by atoms with van der Waals surface area (Å²) in [4.78, 5) is 0.0453. The topological polar surface area (TPSA) is 55.8 Å². The number of nitrogens with zero attached hydrogens (tertiary/aromatic N) is 1. The number of rotatable bonds is 7. The van der Waals surface area contributed by atoms with Crippen LogP contribution in [-0.2, 0) is 22.7 Å². The zero-order valence-corrected chi connectivity index (χ0v) is 16.2. The van der Waals surface area contributed by atoms with Gasteiger partial charge in [-0.1, -0.05) is 12.1 Å². The van der Waals surface area contributed by atoms with Gasteiger partial charge in [-0.25, -0.2) is 8.42 Å². The molecule has 2 aromatic carbocycles. The fraction of sp³-hybridized carbons (Fsp3) is 0.368. The van der Waals surface area contributed by atoms with Gasteiger partial charge in [0.1, 0.15) is 0 Å². The largest absolute Gasteiger partial charge is 0.493 e. The van der Waals surface area contributed by atoms with E-state index < -0.39 is 21.8 Å². The Hall–Kier alpha value is -2.26. The van der Waals surface area contributed by atoms with E-state index in [4.69, 9.17) is 9.47 Å². The summed E-state index contributed by atoms with van der Waals surface area (Å²) < 4.78 is 76.2. The molecule has 28 heavy (non-hydrogen) atoms. The molecule has 0 atom stereocenters. The minimum absolute atomic E-state index is 0.000514. The van der Waals surface area contributed by atoms with Crippen LogP contribution >= 0.6 is 0 Å². The predicted molar refractivity (Wildman–Crippen MR) is 96.7 cm³/mol.